The van der Waals surface area contributed by atoms with Crippen LogP contribution in [-0.2, 0) is 0 Å². The molecule has 0 aromatic rings. The first-order valence-corrected chi connectivity index (χ1v) is 4.93. The Hall–Kier alpha value is -0.810. The number of nitrogens with zero attached hydrogens (tertiary/aromatic N) is 1. The summed E-state index contributed by atoms with van der Waals surface area (Å²) in [6.07, 6.45) is 6.11. The fourth-order valence-corrected chi connectivity index (χ4v) is 1.30. The molecule has 0 aliphatic carbocycles. The third kappa shape index (κ3) is 5.43. The van der Waals surface area contributed by atoms with Gasteiger partial charge >= 0.3 is 0 Å². The monoisotopic (exact) mass is 181 g/mol. The minimum atomic E-state index is -0.171. The van der Waals surface area contributed by atoms with Crippen LogP contribution in [0.1, 0.15) is 39.5 Å². The Morgan fingerprint density at radius 3 is 2.69 bits per heavy atom. The number of rotatable bonds is 6. The Morgan fingerprint density at radius 1 is 1.62 bits per heavy atom. The molecular weight excluding hydrogens is 162 g/mol. The normalized spacial score (nSPS) is 13.8. The summed E-state index contributed by atoms with van der Waals surface area (Å²) in [6.45, 7) is 4.18. The molecule has 0 fully saturated rings. The van der Waals surface area contributed by atoms with Gasteiger partial charge in [0, 0.05) is 0 Å². The highest BCUT2D eigenvalue weighted by molar-refractivity contribution is 4.99. The van der Waals surface area contributed by atoms with E-state index in [2.05, 4.69) is 19.1 Å². The number of nitriles is 1. The van der Waals surface area contributed by atoms with Crippen LogP contribution in [0.3, 0.4) is 0 Å². The van der Waals surface area contributed by atoms with Gasteiger partial charge in [-0.15, -0.1) is 0 Å². The average molecular weight is 181 g/mol. The molecular formula is C11H19NO. The lowest BCUT2D eigenvalue weighted by atomic mass is 10.0. The van der Waals surface area contributed by atoms with Gasteiger partial charge in [-0.2, -0.15) is 5.26 Å². The number of aliphatic hydroxyl groups excluding tert-OH is 1. The van der Waals surface area contributed by atoms with E-state index in [1.54, 1.807) is 0 Å². The van der Waals surface area contributed by atoms with Gasteiger partial charge in [0.1, 0.15) is 0 Å². The van der Waals surface area contributed by atoms with Gasteiger partial charge < -0.3 is 5.11 Å². The SMILES string of the molecule is C/C=C(/CC)CCCC(C#N)CO. The number of hydrogen-bond acceptors (Lipinski definition) is 2. The third-order valence-electron chi connectivity index (χ3n) is 2.32. The standard InChI is InChI=1S/C11H19NO/c1-3-10(4-2)6-5-7-11(8-12)9-13/h3,11,13H,4-7,9H2,1-2H3/b10-3-. The molecule has 0 aromatic heterocycles. The van der Waals surface area contributed by atoms with Crippen LogP contribution in [0.2, 0.25) is 0 Å². The van der Waals surface area contributed by atoms with Crippen LogP contribution in [0.5, 0.6) is 0 Å². The summed E-state index contributed by atoms with van der Waals surface area (Å²) in [4.78, 5) is 0. The molecule has 0 spiro atoms. The maximum Gasteiger partial charge on any atom is 0.0694 e. The van der Waals surface area contributed by atoms with Crippen molar-refractivity contribution in [3.63, 3.8) is 0 Å². The Morgan fingerprint density at radius 2 is 2.31 bits per heavy atom. The van der Waals surface area contributed by atoms with Gasteiger partial charge in [-0.3, -0.25) is 0 Å². The van der Waals surface area contributed by atoms with Crippen molar-refractivity contribution in [2.24, 2.45) is 5.92 Å². The summed E-state index contributed by atoms with van der Waals surface area (Å²) in [7, 11) is 0. The van der Waals surface area contributed by atoms with Gasteiger partial charge in [0.05, 0.1) is 18.6 Å². The summed E-state index contributed by atoms with van der Waals surface area (Å²) in [5.41, 5.74) is 1.44. The summed E-state index contributed by atoms with van der Waals surface area (Å²) < 4.78 is 0. The van der Waals surface area contributed by atoms with E-state index in [0.29, 0.717) is 0 Å². The molecule has 2 heteroatoms. The van der Waals surface area contributed by atoms with Crippen LogP contribution < -0.4 is 0 Å². The van der Waals surface area contributed by atoms with Crippen LogP contribution in [0.15, 0.2) is 11.6 Å². The van der Waals surface area contributed by atoms with E-state index in [9.17, 15) is 0 Å². The zero-order valence-electron chi connectivity index (χ0n) is 8.58. The van der Waals surface area contributed by atoms with Gasteiger partial charge in [0.15, 0.2) is 0 Å². The Kier molecular flexibility index (Phi) is 7.33. The first-order valence-electron chi connectivity index (χ1n) is 4.93. The van der Waals surface area contributed by atoms with Crippen molar-refractivity contribution in [3.8, 4) is 6.07 Å². The van der Waals surface area contributed by atoms with Crippen molar-refractivity contribution < 1.29 is 5.11 Å². The van der Waals surface area contributed by atoms with Crippen molar-refractivity contribution in [2.45, 2.75) is 39.5 Å². The maximum absolute atomic E-state index is 8.77. The molecule has 74 valence electrons. The maximum atomic E-state index is 8.77. The molecule has 0 bridgehead atoms. The van der Waals surface area contributed by atoms with Crippen LogP contribution >= 0.6 is 0 Å². The fourth-order valence-electron chi connectivity index (χ4n) is 1.30. The molecule has 0 amide bonds. The molecule has 13 heavy (non-hydrogen) atoms. The van der Waals surface area contributed by atoms with E-state index in [-0.39, 0.29) is 12.5 Å². The fraction of sp³-hybridized carbons (Fsp3) is 0.727. The summed E-state index contributed by atoms with van der Waals surface area (Å²) in [5.74, 6) is -0.171. The Bertz CT molecular complexity index is 191. The second kappa shape index (κ2) is 7.82. The van der Waals surface area contributed by atoms with Gasteiger partial charge in [-0.25, -0.2) is 0 Å². The molecule has 0 aromatic carbocycles. The lowest BCUT2D eigenvalue weighted by molar-refractivity contribution is 0.248. The van der Waals surface area contributed by atoms with Crippen molar-refractivity contribution >= 4 is 0 Å². The number of aliphatic hydroxyl groups is 1. The van der Waals surface area contributed by atoms with Crippen molar-refractivity contribution in [3.05, 3.63) is 11.6 Å². The van der Waals surface area contributed by atoms with E-state index >= 15 is 0 Å². The third-order valence-corrected chi connectivity index (χ3v) is 2.32. The molecule has 0 rings (SSSR count). The molecule has 0 saturated heterocycles. The van der Waals surface area contributed by atoms with Crippen LogP contribution in [0, 0.1) is 17.2 Å². The number of allylic oxidation sites excluding steroid dienone is 2. The first kappa shape index (κ1) is 12.2. The lowest BCUT2D eigenvalue weighted by Gasteiger charge is -2.06. The molecule has 0 saturated carbocycles. The lowest BCUT2D eigenvalue weighted by Crippen LogP contribution is -2.02. The van der Waals surface area contributed by atoms with Gasteiger partial charge in [0.25, 0.3) is 0 Å². The molecule has 0 aliphatic rings. The van der Waals surface area contributed by atoms with Crippen molar-refractivity contribution in [1.29, 1.82) is 5.26 Å². The van der Waals surface area contributed by atoms with Crippen LogP contribution in [0.25, 0.3) is 0 Å². The van der Waals surface area contributed by atoms with Gasteiger partial charge in [-0.1, -0.05) is 18.6 Å². The first-order chi connectivity index (χ1) is 6.28. The minimum Gasteiger partial charge on any atom is -0.395 e. The van der Waals surface area contributed by atoms with E-state index in [1.807, 2.05) is 6.92 Å². The molecule has 0 heterocycles. The van der Waals surface area contributed by atoms with Crippen LogP contribution in [-0.4, -0.2) is 11.7 Å². The quantitative estimate of drug-likeness (QED) is 0.640. The highest BCUT2D eigenvalue weighted by Crippen LogP contribution is 2.14. The zero-order valence-corrected chi connectivity index (χ0v) is 8.58. The van der Waals surface area contributed by atoms with Crippen molar-refractivity contribution in [1.82, 2.24) is 0 Å². The minimum absolute atomic E-state index is 0.00615. The van der Waals surface area contributed by atoms with E-state index in [4.69, 9.17) is 10.4 Å². The highest BCUT2D eigenvalue weighted by Gasteiger charge is 2.04. The predicted molar refractivity (Wildman–Crippen MR) is 54.1 cm³/mol. The van der Waals surface area contributed by atoms with Gasteiger partial charge in [0.2, 0.25) is 0 Å². The summed E-state index contributed by atoms with van der Waals surface area (Å²) in [5, 5.41) is 17.3. The Labute approximate surface area is 80.9 Å². The molecule has 2 nitrogen and oxygen atoms in total. The molecule has 1 N–H and O–H groups in total. The zero-order chi connectivity index (χ0) is 10.1. The topological polar surface area (TPSA) is 44.0 Å². The second-order valence-corrected chi connectivity index (χ2v) is 3.20. The van der Waals surface area contributed by atoms with E-state index in [1.165, 1.54) is 5.57 Å². The second-order valence-electron chi connectivity index (χ2n) is 3.20. The smallest absolute Gasteiger partial charge is 0.0694 e. The molecule has 1 atom stereocenters. The summed E-state index contributed by atoms with van der Waals surface area (Å²) in [6, 6.07) is 2.09. The molecule has 1 unspecified atom stereocenters. The van der Waals surface area contributed by atoms with Crippen molar-refractivity contribution in [2.75, 3.05) is 6.61 Å². The van der Waals surface area contributed by atoms with Gasteiger partial charge in [-0.05, 0) is 32.6 Å². The largest absolute Gasteiger partial charge is 0.395 e. The van der Waals surface area contributed by atoms with Crippen LogP contribution in [0.4, 0.5) is 0 Å². The Balaban J connectivity index is 3.61. The summed E-state index contributed by atoms with van der Waals surface area (Å²) >= 11 is 0. The van der Waals surface area contributed by atoms with E-state index in [0.717, 1.165) is 25.7 Å². The average Bonchev–Trinajstić information content (AvgIpc) is 2.19. The van der Waals surface area contributed by atoms with E-state index < -0.39 is 0 Å². The molecule has 0 radical (unpaired) electrons. The molecule has 0 aliphatic heterocycles. The number of hydrogen-bond donors (Lipinski definition) is 1. The predicted octanol–water partition coefficient (Wildman–Crippen LogP) is 2.65. The highest BCUT2D eigenvalue weighted by atomic mass is 16.3.